The predicted octanol–water partition coefficient (Wildman–Crippen LogP) is 1.12. The van der Waals surface area contributed by atoms with Crippen molar-refractivity contribution in [2.24, 2.45) is 5.92 Å². The van der Waals surface area contributed by atoms with Gasteiger partial charge in [-0.15, -0.1) is 0 Å². The molecule has 1 amide bonds. The summed E-state index contributed by atoms with van der Waals surface area (Å²) in [5.74, 6) is -0.963. The zero-order chi connectivity index (χ0) is 13.7. The van der Waals surface area contributed by atoms with Crippen LogP contribution in [0.5, 0.6) is 0 Å². The molecule has 0 aliphatic carbocycles. The summed E-state index contributed by atoms with van der Waals surface area (Å²) in [6.07, 6.45) is 0. The number of hydrogen-bond acceptors (Lipinski definition) is 4. The molecule has 1 atom stereocenters. The van der Waals surface area contributed by atoms with E-state index in [2.05, 4.69) is 10.1 Å². The van der Waals surface area contributed by atoms with Gasteiger partial charge in [0.2, 0.25) is 0 Å². The molecule has 5 heteroatoms. The number of nitrogens with one attached hydrogen (secondary N) is 1. The van der Waals surface area contributed by atoms with Gasteiger partial charge < -0.3 is 15.8 Å². The van der Waals surface area contributed by atoms with Crippen LogP contribution in [0.2, 0.25) is 0 Å². The van der Waals surface area contributed by atoms with E-state index in [0.29, 0.717) is 11.3 Å². The first kappa shape index (κ1) is 14.0. The summed E-state index contributed by atoms with van der Waals surface area (Å²) in [5.41, 5.74) is 7.53. The second kappa shape index (κ2) is 6.05. The van der Waals surface area contributed by atoms with Gasteiger partial charge >= 0.3 is 5.97 Å². The van der Waals surface area contributed by atoms with Gasteiger partial charge in [0.15, 0.2) is 0 Å². The van der Waals surface area contributed by atoms with E-state index in [-0.39, 0.29) is 24.3 Å². The number of carbonyl (C=O) groups excluding carboxylic acids is 2. The van der Waals surface area contributed by atoms with Crippen LogP contribution in [0.3, 0.4) is 0 Å². The lowest BCUT2D eigenvalue weighted by atomic mass is 10.1. The van der Waals surface area contributed by atoms with E-state index in [4.69, 9.17) is 5.73 Å². The quantitative estimate of drug-likeness (QED) is 0.619. The van der Waals surface area contributed by atoms with Crippen molar-refractivity contribution in [3.8, 4) is 0 Å². The molecule has 0 bridgehead atoms. The Bertz CT molecular complexity index is 458. The van der Waals surface area contributed by atoms with Crippen molar-refractivity contribution >= 4 is 17.6 Å². The molecule has 0 radical (unpaired) electrons. The highest BCUT2D eigenvalue weighted by Gasteiger charge is 2.15. The summed E-state index contributed by atoms with van der Waals surface area (Å²) in [5, 5.41) is 2.69. The van der Waals surface area contributed by atoms with Crippen molar-refractivity contribution in [3.05, 3.63) is 29.3 Å². The van der Waals surface area contributed by atoms with Crippen LogP contribution in [0.4, 0.5) is 5.69 Å². The lowest BCUT2D eigenvalue weighted by molar-refractivity contribution is -0.144. The van der Waals surface area contributed by atoms with Crippen LogP contribution in [-0.2, 0) is 9.53 Å². The van der Waals surface area contributed by atoms with Crippen molar-refractivity contribution in [1.82, 2.24) is 5.32 Å². The monoisotopic (exact) mass is 250 g/mol. The van der Waals surface area contributed by atoms with Crippen molar-refractivity contribution in [2.75, 3.05) is 19.4 Å². The molecule has 1 aromatic carbocycles. The number of benzene rings is 1. The van der Waals surface area contributed by atoms with Crippen LogP contribution in [0.1, 0.15) is 22.8 Å². The molecule has 0 saturated carbocycles. The molecule has 18 heavy (non-hydrogen) atoms. The number of rotatable bonds is 4. The maximum Gasteiger partial charge on any atom is 0.310 e. The molecule has 0 aliphatic heterocycles. The molecule has 98 valence electrons. The highest BCUT2D eigenvalue weighted by molar-refractivity contribution is 5.96. The average Bonchev–Trinajstić information content (AvgIpc) is 2.37. The van der Waals surface area contributed by atoms with Gasteiger partial charge in [-0.2, -0.15) is 0 Å². The van der Waals surface area contributed by atoms with Gasteiger partial charge in [0.05, 0.1) is 13.0 Å². The number of amides is 1. The number of ether oxygens (including phenoxy) is 1. The van der Waals surface area contributed by atoms with E-state index in [1.807, 2.05) is 6.92 Å². The van der Waals surface area contributed by atoms with Crippen molar-refractivity contribution in [2.45, 2.75) is 13.8 Å². The number of nitrogen functional groups attached to an aromatic ring is 1. The molecule has 1 unspecified atom stereocenters. The highest BCUT2D eigenvalue weighted by atomic mass is 16.5. The van der Waals surface area contributed by atoms with Gasteiger partial charge in [-0.3, -0.25) is 9.59 Å². The van der Waals surface area contributed by atoms with Crippen molar-refractivity contribution in [1.29, 1.82) is 0 Å². The van der Waals surface area contributed by atoms with Crippen LogP contribution in [0, 0.1) is 12.8 Å². The van der Waals surface area contributed by atoms with Crippen molar-refractivity contribution in [3.63, 3.8) is 0 Å². The van der Waals surface area contributed by atoms with Gasteiger partial charge in [0.25, 0.3) is 5.91 Å². The fourth-order valence-corrected chi connectivity index (χ4v) is 1.51. The largest absolute Gasteiger partial charge is 0.469 e. The van der Waals surface area contributed by atoms with E-state index < -0.39 is 0 Å². The maximum atomic E-state index is 11.9. The highest BCUT2D eigenvalue weighted by Crippen LogP contribution is 2.12. The van der Waals surface area contributed by atoms with Gasteiger partial charge in [0, 0.05) is 17.8 Å². The van der Waals surface area contributed by atoms with Gasteiger partial charge in [-0.25, -0.2) is 0 Å². The van der Waals surface area contributed by atoms with Gasteiger partial charge in [0.1, 0.15) is 0 Å². The average molecular weight is 250 g/mol. The van der Waals surface area contributed by atoms with E-state index in [1.165, 1.54) is 7.11 Å². The number of nitrogens with two attached hydrogens (primary N) is 1. The number of carbonyl (C=O) groups is 2. The first-order valence-corrected chi connectivity index (χ1v) is 5.68. The Kier molecular flexibility index (Phi) is 4.71. The molecule has 1 rings (SSSR count). The lowest BCUT2D eigenvalue weighted by Crippen LogP contribution is -2.32. The molecule has 0 aliphatic rings. The predicted molar refractivity (Wildman–Crippen MR) is 69.1 cm³/mol. The standard InChI is InChI=1S/C13H18N2O3/c1-8-4-5-10(14)6-11(8)12(16)15-7-9(2)13(17)18-3/h4-6,9H,7,14H2,1-3H3,(H,15,16). The Labute approximate surface area is 106 Å². The summed E-state index contributed by atoms with van der Waals surface area (Å²) in [4.78, 5) is 23.1. The first-order chi connectivity index (χ1) is 8.45. The molecular weight excluding hydrogens is 232 g/mol. The third kappa shape index (κ3) is 3.48. The molecule has 0 heterocycles. The van der Waals surface area contributed by atoms with E-state index >= 15 is 0 Å². The lowest BCUT2D eigenvalue weighted by Gasteiger charge is -2.12. The third-order valence-corrected chi connectivity index (χ3v) is 2.68. The minimum atomic E-state index is -0.375. The second-order valence-electron chi connectivity index (χ2n) is 4.21. The van der Waals surface area contributed by atoms with E-state index in [9.17, 15) is 9.59 Å². The van der Waals surface area contributed by atoms with Gasteiger partial charge in [-0.1, -0.05) is 13.0 Å². The molecule has 3 N–H and O–H groups in total. The Morgan fingerprint density at radius 2 is 2.11 bits per heavy atom. The Morgan fingerprint density at radius 1 is 1.44 bits per heavy atom. The van der Waals surface area contributed by atoms with Crippen LogP contribution < -0.4 is 11.1 Å². The number of hydrogen-bond donors (Lipinski definition) is 2. The van der Waals surface area contributed by atoms with Crippen LogP contribution in [0.25, 0.3) is 0 Å². The molecule has 5 nitrogen and oxygen atoms in total. The number of anilines is 1. The molecule has 0 fully saturated rings. The second-order valence-corrected chi connectivity index (χ2v) is 4.21. The molecular formula is C13H18N2O3. The summed E-state index contributed by atoms with van der Waals surface area (Å²) >= 11 is 0. The SMILES string of the molecule is COC(=O)C(C)CNC(=O)c1cc(N)ccc1C. The van der Waals surface area contributed by atoms with Crippen LogP contribution in [0.15, 0.2) is 18.2 Å². The summed E-state index contributed by atoms with van der Waals surface area (Å²) in [6, 6.07) is 5.14. The normalized spacial score (nSPS) is 11.7. The Balaban J connectivity index is 2.66. The minimum Gasteiger partial charge on any atom is -0.469 e. The van der Waals surface area contributed by atoms with Crippen molar-refractivity contribution < 1.29 is 14.3 Å². The zero-order valence-electron chi connectivity index (χ0n) is 10.8. The number of aryl methyl sites for hydroxylation is 1. The van der Waals surface area contributed by atoms with Crippen LogP contribution >= 0.6 is 0 Å². The van der Waals surface area contributed by atoms with E-state index in [0.717, 1.165) is 5.56 Å². The maximum absolute atomic E-state index is 11.9. The Morgan fingerprint density at radius 3 is 2.72 bits per heavy atom. The summed E-state index contributed by atoms with van der Waals surface area (Å²) in [7, 11) is 1.32. The molecule has 0 saturated heterocycles. The molecule has 0 spiro atoms. The molecule has 0 aromatic heterocycles. The third-order valence-electron chi connectivity index (χ3n) is 2.68. The fourth-order valence-electron chi connectivity index (χ4n) is 1.51. The minimum absolute atomic E-state index is 0.236. The Hall–Kier alpha value is -2.04. The van der Waals surface area contributed by atoms with Crippen LogP contribution in [-0.4, -0.2) is 25.5 Å². The van der Waals surface area contributed by atoms with E-state index in [1.54, 1.807) is 25.1 Å². The summed E-state index contributed by atoms with van der Waals surface area (Å²) < 4.78 is 4.58. The summed E-state index contributed by atoms with van der Waals surface area (Å²) in [6.45, 7) is 3.76. The molecule has 1 aromatic rings. The number of methoxy groups -OCH3 is 1. The van der Waals surface area contributed by atoms with Gasteiger partial charge in [-0.05, 0) is 24.6 Å². The smallest absolute Gasteiger partial charge is 0.310 e. The zero-order valence-corrected chi connectivity index (χ0v) is 10.8. The topological polar surface area (TPSA) is 81.4 Å². The first-order valence-electron chi connectivity index (χ1n) is 5.68. The number of esters is 1. The fraction of sp³-hybridized carbons (Fsp3) is 0.385.